The molecule has 0 spiro atoms. The first kappa shape index (κ1) is 15.8. The highest BCUT2D eigenvalue weighted by Crippen LogP contribution is 2.27. The van der Waals surface area contributed by atoms with Gasteiger partial charge >= 0.3 is 0 Å². The topological polar surface area (TPSA) is 69.6 Å². The van der Waals surface area contributed by atoms with Crippen LogP contribution in [0.3, 0.4) is 0 Å². The summed E-state index contributed by atoms with van der Waals surface area (Å²) < 4.78 is 26.0. The van der Waals surface area contributed by atoms with Crippen molar-refractivity contribution in [2.75, 3.05) is 29.7 Å². The van der Waals surface area contributed by atoms with Crippen LogP contribution in [0.1, 0.15) is 19.4 Å². The third-order valence-corrected chi connectivity index (χ3v) is 4.72. The Hall–Kier alpha value is -1.27. The summed E-state index contributed by atoms with van der Waals surface area (Å²) in [5, 5.41) is 12.5. The summed E-state index contributed by atoms with van der Waals surface area (Å²) in [6.07, 6.45) is 0. The van der Waals surface area contributed by atoms with E-state index in [0.29, 0.717) is 18.8 Å². The van der Waals surface area contributed by atoms with Gasteiger partial charge in [0.15, 0.2) is 0 Å². The Kier molecular flexibility index (Phi) is 5.62. The van der Waals surface area contributed by atoms with Crippen LogP contribution in [0.25, 0.3) is 0 Å². The molecule has 6 heteroatoms. The van der Waals surface area contributed by atoms with E-state index in [1.165, 1.54) is 10.4 Å². The fourth-order valence-corrected chi connectivity index (χ4v) is 3.38. The number of nitrogens with one attached hydrogen (secondary N) is 1. The highest BCUT2D eigenvalue weighted by molar-refractivity contribution is 7.92. The Morgan fingerprint density at radius 1 is 1.32 bits per heavy atom. The predicted molar refractivity (Wildman–Crippen MR) is 78.2 cm³/mol. The molecule has 5 nitrogen and oxygen atoms in total. The molecule has 0 bridgehead atoms. The number of phenols is 1. The van der Waals surface area contributed by atoms with Crippen LogP contribution in [-0.2, 0) is 10.0 Å². The van der Waals surface area contributed by atoms with Crippen molar-refractivity contribution in [3.63, 3.8) is 0 Å². The van der Waals surface area contributed by atoms with E-state index < -0.39 is 10.0 Å². The van der Waals surface area contributed by atoms with E-state index in [1.807, 2.05) is 13.8 Å². The molecule has 0 saturated heterocycles. The second kappa shape index (κ2) is 6.77. The zero-order valence-corrected chi connectivity index (χ0v) is 12.5. The zero-order valence-electron chi connectivity index (χ0n) is 11.7. The maximum atomic E-state index is 12.3. The number of hydrogen-bond donors (Lipinski definition) is 2. The molecular formula is C13H22N2O3S. The Morgan fingerprint density at radius 2 is 2.00 bits per heavy atom. The molecular weight excluding hydrogens is 264 g/mol. The van der Waals surface area contributed by atoms with Gasteiger partial charge in [0, 0.05) is 19.2 Å². The molecule has 19 heavy (non-hydrogen) atoms. The third-order valence-electron chi connectivity index (χ3n) is 2.87. The van der Waals surface area contributed by atoms with Gasteiger partial charge in [0.05, 0.1) is 11.4 Å². The van der Waals surface area contributed by atoms with Crippen LogP contribution in [0.15, 0.2) is 18.2 Å². The molecule has 2 N–H and O–H groups in total. The van der Waals surface area contributed by atoms with Crippen molar-refractivity contribution in [3.05, 3.63) is 23.8 Å². The van der Waals surface area contributed by atoms with Crippen LogP contribution in [-0.4, -0.2) is 38.9 Å². The summed E-state index contributed by atoms with van der Waals surface area (Å²) in [5.74, 6) is 0.116. The number of nitrogens with zero attached hydrogens (tertiary/aromatic N) is 1. The quantitative estimate of drug-likeness (QED) is 0.745. The number of aryl methyl sites for hydroxylation is 1. The molecule has 0 atom stereocenters. The first-order valence-electron chi connectivity index (χ1n) is 6.43. The molecule has 1 rings (SSSR count). The summed E-state index contributed by atoms with van der Waals surface area (Å²) in [6, 6.07) is 4.76. The van der Waals surface area contributed by atoms with Crippen molar-refractivity contribution >= 4 is 15.7 Å². The Labute approximate surface area is 115 Å². The van der Waals surface area contributed by atoms with Crippen molar-refractivity contribution < 1.29 is 13.5 Å². The summed E-state index contributed by atoms with van der Waals surface area (Å²) in [5.41, 5.74) is 1.37. The van der Waals surface area contributed by atoms with Gasteiger partial charge in [-0.2, -0.15) is 0 Å². The molecule has 0 amide bonds. The van der Waals surface area contributed by atoms with E-state index in [0.717, 1.165) is 12.1 Å². The fraction of sp³-hybridized carbons (Fsp3) is 0.538. The second-order valence-electron chi connectivity index (χ2n) is 4.31. The molecule has 0 fully saturated rings. The van der Waals surface area contributed by atoms with E-state index in [4.69, 9.17) is 0 Å². The molecule has 0 aromatic heterocycles. The Bertz CT molecular complexity index is 515. The lowest BCUT2D eigenvalue weighted by molar-refractivity contribution is 0.475. The van der Waals surface area contributed by atoms with Crippen LogP contribution >= 0.6 is 0 Å². The largest absolute Gasteiger partial charge is 0.508 e. The summed E-state index contributed by atoms with van der Waals surface area (Å²) in [6.45, 7) is 7.06. The van der Waals surface area contributed by atoms with Gasteiger partial charge in [-0.3, -0.25) is 4.31 Å². The predicted octanol–water partition coefficient (Wildman–Crippen LogP) is 1.47. The lowest BCUT2D eigenvalue weighted by Gasteiger charge is -2.24. The van der Waals surface area contributed by atoms with Gasteiger partial charge in [0.1, 0.15) is 5.75 Å². The fourth-order valence-electron chi connectivity index (χ4n) is 1.87. The molecule has 0 aliphatic carbocycles. The second-order valence-corrected chi connectivity index (χ2v) is 6.32. The molecule has 0 aliphatic rings. The van der Waals surface area contributed by atoms with E-state index in [-0.39, 0.29) is 11.5 Å². The maximum absolute atomic E-state index is 12.3. The minimum absolute atomic E-state index is 0.0454. The van der Waals surface area contributed by atoms with Crippen molar-refractivity contribution in [1.82, 2.24) is 5.32 Å². The lowest BCUT2D eigenvalue weighted by atomic mass is 10.2. The minimum Gasteiger partial charge on any atom is -0.508 e. The van der Waals surface area contributed by atoms with Gasteiger partial charge in [-0.1, -0.05) is 13.0 Å². The zero-order chi connectivity index (χ0) is 14.5. The smallest absolute Gasteiger partial charge is 0.236 e. The van der Waals surface area contributed by atoms with Gasteiger partial charge in [-0.05, 0) is 32.0 Å². The summed E-state index contributed by atoms with van der Waals surface area (Å²) >= 11 is 0. The maximum Gasteiger partial charge on any atom is 0.236 e. The highest BCUT2D eigenvalue weighted by Gasteiger charge is 2.22. The standard InChI is InChI=1S/C13H22N2O3S/c1-4-14-8-9-19(17,18)15(5-2)13-10-12(16)7-6-11(13)3/h6-7,10,14,16H,4-5,8-9H2,1-3H3. The minimum atomic E-state index is -3.38. The van der Waals surface area contributed by atoms with E-state index >= 15 is 0 Å². The van der Waals surface area contributed by atoms with E-state index in [9.17, 15) is 13.5 Å². The normalized spacial score (nSPS) is 11.5. The van der Waals surface area contributed by atoms with Crippen molar-refractivity contribution in [1.29, 1.82) is 0 Å². The molecule has 0 unspecified atom stereocenters. The summed E-state index contributed by atoms with van der Waals surface area (Å²) in [7, 11) is -3.38. The SMILES string of the molecule is CCNCCS(=O)(=O)N(CC)c1cc(O)ccc1C. The molecule has 0 radical (unpaired) electrons. The molecule has 1 aromatic rings. The number of phenolic OH excluding ortho intramolecular Hbond substituents is 1. The average molecular weight is 286 g/mol. The highest BCUT2D eigenvalue weighted by atomic mass is 32.2. The van der Waals surface area contributed by atoms with Gasteiger partial charge in [0.25, 0.3) is 0 Å². The van der Waals surface area contributed by atoms with Crippen LogP contribution in [0.4, 0.5) is 5.69 Å². The lowest BCUT2D eigenvalue weighted by Crippen LogP contribution is -2.36. The summed E-state index contributed by atoms with van der Waals surface area (Å²) in [4.78, 5) is 0. The molecule has 0 aliphatic heterocycles. The molecule has 1 aromatic carbocycles. The van der Waals surface area contributed by atoms with Gasteiger partial charge in [-0.15, -0.1) is 0 Å². The molecule has 0 saturated carbocycles. The Balaban J connectivity index is 3.02. The number of anilines is 1. The van der Waals surface area contributed by atoms with Crippen LogP contribution in [0.5, 0.6) is 5.75 Å². The van der Waals surface area contributed by atoms with Gasteiger partial charge in [-0.25, -0.2) is 8.42 Å². The first-order chi connectivity index (χ1) is 8.92. The van der Waals surface area contributed by atoms with Crippen LogP contribution < -0.4 is 9.62 Å². The van der Waals surface area contributed by atoms with E-state index in [2.05, 4.69) is 5.32 Å². The number of rotatable bonds is 7. The van der Waals surface area contributed by atoms with Crippen LogP contribution in [0, 0.1) is 6.92 Å². The number of aromatic hydroxyl groups is 1. The van der Waals surface area contributed by atoms with Gasteiger partial charge < -0.3 is 10.4 Å². The van der Waals surface area contributed by atoms with Gasteiger partial charge in [0.2, 0.25) is 10.0 Å². The third kappa shape index (κ3) is 4.11. The molecule has 0 heterocycles. The Morgan fingerprint density at radius 3 is 2.58 bits per heavy atom. The van der Waals surface area contributed by atoms with Crippen molar-refractivity contribution in [3.8, 4) is 5.75 Å². The molecule has 108 valence electrons. The number of hydrogen-bond acceptors (Lipinski definition) is 4. The average Bonchev–Trinajstić information content (AvgIpc) is 2.34. The van der Waals surface area contributed by atoms with Crippen LogP contribution in [0.2, 0.25) is 0 Å². The van der Waals surface area contributed by atoms with Crippen molar-refractivity contribution in [2.45, 2.75) is 20.8 Å². The van der Waals surface area contributed by atoms with Crippen molar-refractivity contribution in [2.24, 2.45) is 0 Å². The number of benzene rings is 1. The first-order valence-corrected chi connectivity index (χ1v) is 8.04. The number of sulfonamides is 1. The monoisotopic (exact) mass is 286 g/mol. The van der Waals surface area contributed by atoms with E-state index in [1.54, 1.807) is 19.1 Å².